The number of nitrogens with zero attached hydrogens (tertiary/aromatic N) is 3. The summed E-state index contributed by atoms with van der Waals surface area (Å²) in [4.78, 5) is 41.4. The van der Waals surface area contributed by atoms with Gasteiger partial charge in [-0.3, -0.25) is 14.3 Å². The molecule has 4 aliphatic carbocycles. The minimum Gasteiger partial charge on any atom is -0.451 e. The van der Waals surface area contributed by atoms with Crippen molar-refractivity contribution in [3.8, 4) is 0 Å². The number of nitrogens with one attached hydrogen (secondary N) is 1. The van der Waals surface area contributed by atoms with Crippen molar-refractivity contribution in [2.24, 2.45) is 30.2 Å². The van der Waals surface area contributed by atoms with Crippen molar-refractivity contribution in [2.45, 2.75) is 84.3 Å². The molecule has 1 N–H and O–H groups in total. The van der Waals surface area contributed by atoms with Crippen LogP contribution in [0.1, 0.15) is 69.7 Å². The molecule has 5 aliphatic rings. The summed E-state index contributed by atoms with van der Waals surface area (Å²) in [5, 5.41) is 7.14. The Morgan fingerprint density at radius 1 is 1.09 bits per heavy atom. The highest BCUT2D eigenvalue weighted by Gasteiger charge is 2.57. The van der Waals surface area contributed by atoms with Crippen LogP contribution in [-0.2, 0) is 26.2 Å². The Bertz CT molecular complexity index is 948. The van der Waals surface area contributed by atoms with Gasteiger partial charge in [-0.1, -0.05) is 0 Å². The fraction of sp³-hybridized carbons (Fsp3) is 0.760. The van der Waals surface area contributed by atoms with Crippen molar-refractivity contribution in [1.29, 1.82) is 0 Å². The van der Waals surface area contributed by atoms with Gasteiger partial charge in [0.05, 0.1) is 22.5 Å². The molecule has 1 aliphatic heterocycles. The van der Waals surface area contributed by atoms with Crippen LogP contribution in [0, 0.1) is 37.0 Å². The molecule has 33 heavy (non-hydrogen) atoms. The molecule has 5 fully saturated rings. The highest BCUT2D eigenvalue weighted by atomic mass is 16.5. The first-order valence-electron chi connectivity index (χ1n) is 12.5. The predicted molar refractivity (Wildman–Crippen MR) is 122 cm³/mol. The second-order valence-corrected chi connectivity index (χ2v) is 11.1. The summed E-state index contributed by atoms with van der Waals surface area (Å²) in [5.74, 6) is 1.34. The molecule has 0 radical (unpaired) electrons. The van der Waals surface area contributed by atoms with Crippen LogP contribution in [0.2, 0.25) is 0 Å². The number of carbonyl (C=O) groups excluding carboxylic acids is 3. The molecule has 1 saturated heterocycles. The van der Waals surface area contributed by atoms with Gasteiger partial charge in [-0.2, -0.15) is 5.10 Å². The number of ether oxygens (including phenoxy) is 1. The number of aromatic nitrogens is 2. The fourth-order valence-electron chi connectivity index (χ4n) is 7.42. The highest BCUT2D eigenvalue weighted by Crippen LogP contribution is 2.60. The van der Waals surface area contributed by atoms with Gasteiger partial charge < -0.3 is 15.0 Å². The minimum atomic E-state index is -0.950. The van der Waals surface area contributed by atoms with Crippen LogP contribution in [0.3, 0.4) is 0 Å². The van der Waals surface area contributed by atoms with E-state index in [1.165, 1.54) is 19.3 Å². The molecule has 4 saturated carbocycles. The quantitative estimate of drug-likeness (QED) is 0.687. The average molecular weight is 457 g/mol. The van der Waals surface area contributed by atoms with Gasteiger partial charge in [0.1, 0.15) is 6.04 Å². The van der Waals surface area contributed by atoms with Gasteiger partial charge in [0, 0.05) is 13.6 Å². The Morgan fingerprint density at radius 2 is 1.70 bits per heavy atom. The summed E-state index contributed by atoms with van der Waals surface area (Å²) in [5.41, 5.74) is 1.92. The number of likely N-dealkylation sites (tertiary alicyclic amines) is 1. The summed E-state index contributed by atoms with van der Waals surface area (Å²) >= 11 is 0. The van der Waals surface area contributed by atoms with E-state index in [9.17, 15) is 14.4 Å². The van der Waals surface area contributed by atoms with E-state index >= 15 is 0 Å². The zero-order valence-corrected chi connectivity index (χ0v) is 20.2. The van der Waals surface area contributed by atoms with E-state index in [-0.39, 0.29) is 17.2 Å². The van der Waals surface area contributed by atoms with Crippen LogP contribution >= 0.6 is 0 Å². The lowest BCUT2D eigenvalue weighted by Crippen LogP contribution is -2.56. The maximum Gasteiger partial charge on any atom is 0.329 e. The van der Waals surface area contributed by atoms with Crippen LogP contribution < -0.4 is 5.32 Å². The van der Waals surface area contributed by atoms with Crippen molar-refractivity contribution in [3.05, 3.63) is 11.4 Å². The van der Waals surface area contributed by atoms with Gasteiger partial charge in [-0.15, -0.1) is 0 Å². The van der Waals surface area contributed by atoms with Gasteiger partial charge in [0.2, 0.25) is 5.91 Å². The largest absolute Gasteiger partial charge is 0.451 e. The molecule has 1 aromatic heterocycles. The maximum atomic E-state index is 13.8. The van der Waals surface area contributed by atoms with Crippen molar-refractivity contribution >= 4 is 23.5 Å². The Kier molecular flexibility index (Phi) is 5.52. The first-order valence-corrected chi connectivity index (χ1v) is 12.5. The van der Waals surface area contributed by atoms with E-state index in [0.717, 1.165) is 31.4 Å². The van der Waals surface area contributed by atoms with E-state index in [4.69, 9.17) is 4.74 Å². The van der Waals surface area contributed by atoms with Crippen LogP contribution in [0.15, 0.2) is 0 Å². The monoisotopic (exact) mass is 456 g/mol. The number of esters is 1. The molecular formula is C25H36N4O4. The molecule has 8 nitrogen and oxygen atoms in total. The van der Waals surface area contributed by atoms with Gasteiger partial charge in [0.15, 0.2) is 6.10 Å². The predicted octanol–water partition coefficient (Wildman–Crippen LogP) is 3.11. The SMILES string of the molecule is Cc1nn(C)c(C)c1NC(=O)C(C)OC(=O)C1CCCN1C(=O)C12CC3CC(CC(C3)C1)C2. The summed E-state index contributed by atoms with van der Waals surface area (Å²) in [6.07, 6.45) is 7.24. The number of hydrogen-bond donors (Lipinski definition) is 1. The summed E-state index contributed by atoms with van der Waals surface area (Å²) < 4.78 is 7.28. The van der Waals surface area contributed by atoms with Crippen LogP contribution in [0.4, 0.5) is 5.69 Å². The van der Waals surface area contributed by atoms with Gasteiger partial charge in [-0.25, -0.2) is 4.79 Å². The first-order chi connectivity index (χ1) is 15.7. The number of aryl methyl sites for hydroxylation is 2. The first kappa shape index (κ1) is 22.4. The number of amides is 2. The van der Waals surface area contributed by atoms with Crippen molar-refractivity contribution in [1.82, 2.24) is 14.7 Å². The number of carbonyl (C=O) groups is 3. The van der Waals surface area contributed by atoms with Gasteiger partial charge in [-0.05, 0) is 89.9 Å². The van der Waals surface area contributed by atoms with E-state index < -0.39 is 18.1 Å². The second-order valence-electron chi connectivity index (χ2n) is 11.1. The molecular weight excluding hydrogens is 420 g/mol. The Labute approximate surface area is 195 Å². The molecule has 8 heteroatoms. The van der Waals surface area contributed by atoms with E-state index in [1.807, 2.05) is 20.9 Å². The average Bonchev–Trinajstić information content (AvgIpc) is 3.33. The van der Waals surface area contributed by atoms with Crippen LogP contribution in [-0.4, -0.2) is 51.2 Å². The molecule has 180 valence electrons. The molecule has 6 rings (SSSR count). The summed E-state index contributed by atoms with van der Waals surface area (Å²) in [6.45, 7) is 5.88. The lowest BCUT2D eigenvalue weighted by molar-refractivity contribution is -0.168. The van der Waals surface area contributed by atoms with E-state index in [2.05, 4.69) is 10.4 Å². The third-order valence-electron chi connectivity index (χ3n) is 8.70. The normalized spacial score (nSPS) is 33.3. The third kappa shape index (κ3) is 3.85. The molecule has 4 bridgehead atoms. The standard InChI is InChI=1S/C25H36N4O4/c1-14-21(15(2)28(4)27-14)26-22(30)16(3)33-23(31)20-6-5-7-29(20)24(32)25-11-17-8-18(12-25)10-19(9-17)13-25/h16-20H,5-13H2,1-4H3,(H,26,30). The molecule has 2 atom stereocenters. The third-order valence-corrected chi connectivity index (χ3v) is 8.70. The molecule has 2 unspecified atom stereocenters. The number of hydrogen-bond acceptors (Lipinski definition) is 5. The molecule has 2 heterocycles. The fourth-order valence-corrected chi connectivity index (χ4v) is 7.42. The highest BCUT2D eigenvalue weighted by molar-refractivity contribution is 5.96. The van der Waals surface area contributed by atoms with Crippen LogP contribution in [0.25, 0.3) is 0 Å². The smallest absolute Gasteiger partial charge is 0.329 e. The van der Waals surface area contributed by atoms with Crippen molar-refractivity contribution < 1.29 is 19.1 Å². The zero-order valence-electron chi connectivity index (χ0n) is 20.2. The zero-order chi connectivity index (χ0) is 23.5. The van der Waals surface area contributed by atoms with Crippen LogP contribution in [0.5, 0.6) is 0 Å². The lowest BCUT2D eigenvalue weighted by Gasteiger charge is -2.56. The number of anilines is 1. The Hall–Kier alpha value is -2.38. The van der Waals surface area contributed by atoms with Gasteiger partial charge in [0.25, 0.3) is 5.91 Å². The van der Waals surface area contributed by atoms with E-state index in [0.29, 0.717) is 42.1 Å². The molecule has 2 amide bonds. The molecule has 0 aromatic carbocycles. The number of rotatable bonds is 5. The topological polar surface area (TPSA) is 93.5 Å². The Morgan fingerprint density at radius 3 is 2.24 bits per heavy atom. The summed E-state index contributed by atoms with van der Waals surface area (Å²) in [7, 11) is 1.82. The maximum absolute atomic E-state index is 13.8. The van der Waals surface area contributed by atoms with E-state index in [1.54, 1.807) is 16.5 Å². The molecule has 1 aromatic rings. The van der Waals surface area contributed by atoms with Crippen molar-refractivity contribution in [2.75, 3.05) is 11.9 Å². The Balaban J connectivity index is 1.24. The molecule has 0 spiro atoms. The lowest BCUT2D eigenvalue weighted by atomic mass is 9.49. The minimum absolute atomic E-state index is 0.166. The second kappa shape index (κ2) is 8.13. The van der Waals surface area contributed by atoms with Crippen molar-refractivity contribution in [3.63, 3.8) is 0 Å². The van der Waals surface area contributed by atoms with Gasteiger partial charge >= 0.3 is 5.97 Å². The summed E-state index contributed by atoms with van der Waals surface area (Å²) in [6, 6.07) is -0.581.